The normalized spacial score (nSPS) is 19.9. The molecule has 1 aliphatic carbocycles. The Hall–Kier alpha value is -2.55. The molecule has 1 saturated carbocycles. The van der Waals surface area contributed by atoms with Crippen LogP contribution in [-0.4, -0.2) is 0 Å². The fraction of sp³-hybridized carbons (Fsp3) is 0.308. The number of hydrogen-bond donors (Lipinski definition) is 0. The maximum absolute atomic E-state index is 14.6. The van der Waals surface area contributed by atoms with Gasteiger partial charge in [0.2, 0.25) is 0 Å². The maximum Gasteiger partial charge on any atom is 0.166 e. The van der Waals surface area contributed by atoms with Gasteiger partial charge >= 0.3 is 0 Å². The summed E-state index contributed by atoms with van der Waals surface area (Å²) in [5.41, 5.74) is 2.98. The van der Waals surface area contributed by atoms with Gasteiger partial charge in [0.05, 0.1) is 0 Å². The molecule has 1 aliphatic rings. The van der Waals surface area contributed by atoms with E-state index in [4.69, 9.17) is 0 Å². The topological polar surface area (TPSA) is 0 Å². The van der Waals surface area contributed by atoms with Crippen molar-refractivity contribution >= 4 is 10.8 Å². The van der Waals surface area contributed by atoms with Crippen molar-refractivity contribution < 1.29 is 13.2 Å². The van der Waals surface area contributed by atoms with E-state index in [0.29, 0.717) is 11.3 Å². The van der Waals surface area contributed by atoms with Gasteiger partial charge in [-0.25, -0.2) is 13.2 Å². The average molecular weight is 394 g/mol. The molecule has 0 spiro atoms. The lowest BCUT2D eigenvalue weighted by atomic mass is 9.75. The second-order valence-electron chi connectivity index (χ2n) is 8.02. The third-order valence-corrected chi connectivity index (χ3v) is 6.22. The molecule has 0 heterocycles. The molecule has 0 atom stereocenters. The molecule has 0 saturated heterocycles. The van der Waals surface area contributed by atoms with Crippen molar-refractivity contribution in [1.29, 1.82) is 0 Å². The van der Waals surface area contributed by atoms with Crippen LogP contribution in [0.25, 0.3) is 10.8 Å². The van der Waals surface area contributed by atoms with Crippen LogP contribution in [0.3, 0.4) is 0 Å². The van der Waals surface area contributed by atoms with Gasteiger partial charge in [0, 0.05) is 5.39 Å². The second kappa shape index (κ2) is 8.44. The van der Waals surface area contributed by atoms with Gasteiger partial charge in [-0.15, -0.1) is 0 Å². The van der Waals surface area contributed by atoms with Crippen molar-refractivity contribution in [3.8, 4) is 0 Å². The largest absolute Gasteiger partial charge is 0.207 e. The molecule has 3 aromatic carbocycles. The van der Waals surface area contributed by atoms with Crippen LogP contribution in [0.2, 0.25) is 0 Å². The molecule has 0 bridgehead atoms. The molecule has 0 aromatic heterocycles. The molecule has 3 heteroatoms. The van der Waals surface area contributed by atoms with Crippen molar-refractivity contribution in [2.45, 2.75) is 50.9 Å². The van der Waals surface area contributed by atoms with Crippen molar-refractivity contribution in [2.24, 2.45) is 0 Å². The van der Waals surface area contributed by atoms with Crippen molar-refractivity contribution in [1.82, 2.24) is 0 Å². The molecule has 0 unspecified atom stereocenters. The SMILES string of the molecule is CC=CCc1ccc(C2CCC(c3ccc4c(F)c(F)ccc4c3)CC2)c(F)c1. The molecule has 4 rings (SSSR count). The van der Waals surface area contributed by atoms with Crippen LogP contribution in [0.5, 0.6) is 0 Å². The van der Waals surface area contributed by atoms with Crippen LogP contribution >= 0.6 is 0 Å². The maximum atomic E-state index is 14.6. The van der Waals surface area contributed by atoms with Crippen LogP contribution in [-0.2, 0) is 6.42 Å². The summed E-state index contributed by atoms with van der Waals surface area (Å²) in [4.78, 5) is 0. The van der Waals surface area contributed by atoms with E-state index in [1.807, 2.05) is 43.3 Å². The summed E-state index contributed by atoms with van der Waals surface area (Å²) >= 11 is 0. The highest BCUT2D eigenvalue weighted by molar-refractivity contribution is 5.84. The summed E-state index contributed by atoms with van der Waals surface area (Å²) in [6.07, 6.45) is 8.58. The predicted molar refractivity (Wildman–Crippen MR) is 113 cm³/mol. The lowest BCUT2D eigenvalue weighted by Crippen LogP contribution is -2.13. The fourth-order valence-electron chi connectivity index (χ4n) is 4.56. The van der Waals surface area contributed by atoms with Gasteiger partial charge in [-0.2, -0.15) is 0 Å². The first-order chi connectivity index (χ1) is 14.1. The summed E-state index contributed by atoms with van der Waals surface area (Å²) < 4.78 is 42.0. The monoisotopic (exact) mass is 394 g/mol. The van der Waals surface area contributed by atoms with Crippen molar-refractivity contribution in [2.75, 3.05) is 0 Å². The van der Waals surface area contributed by atoms with Crippen LogP contribution in [0.15, 0.2) is 60.7 Å². The lowest BCUT2D eigenvalue weighted by molar-refractivity contribution is 0.387. The number of rotatable bonds is 4. The highest BCUT2D eigenvalue weighted by Gasteiger charge is 2.25. The average Bonchev–Trinajstić information content (AvgIpc) is 2.75. The molecule has 0 radical (unpaired) electrons. The van der Waals surface area contributed by atoms with E-state index in [1.54, 1.807) is 18.2 Å². The van der Waals surface area contributed by atoms with Gasteiger partial charge in [0.15, 0.2) is 11.6 Å². The predicted octanol–water partition coefficient (Wildman–Crippen LogP) is 7.82. The van der Waals surface area contributed by atoms with E-state index in [0.717, 1.165) is 54.2 Å². The molecule has 29 heavy (non-hydrogen) atoms. The summed E-state index contributed by atoms with van der Waals surface area (Å²) in [6.45, 7) is 1.97. The number of benzene rings is 3. The standard InChI is InChI=1S/C26H25F3/c1-2-3-4-17-5-12-22(25(28)15-17)19-8-6-18(7-9-19)20-10-13-23-21(16-20)11-14-24(27)26(23)29/h2-3,5,10-16,18-19H,4,6-9H2,1H3. The van der Waals surface area contributed by atoms with Gasteiger partial charge < -0.3 is 0 Å². The van der Waals surface area contributed by atoms with E-state index >= 15 is 0 Å². The zero-order valence-electron chi connectivity index (χ0n) is 16.6. The molecule has 150 valence electrons. The Morgan fingerprint density at radius 3 is 2.31 bits per heavy atom. The first kappa shape index (κ1) is 19.8. The third-order valence-electron chi connectivity index (χ3n) is 6.22. The Labute approximate surface area is 170 Å². The quantitative estimate of drug-likeness (QED) is 0.396. The summed E-state index contributed by atoms with van der Waals surface area (Å²) in [6, 6.07) is 14.0. The van der Waals surface area contributed by atoms with Gasteiger partial charge in [-0.1, -0.05) is 48.6 Å². The zero-order valence-corrected chi connectivity index (χ0v) is 16.6. The van der Waals surface area contributed by atoms with E-state index < -0.39 is 11.6 Å². The van der Waals surface area contributed by atoms with Gasteiger partial charge in [-0.05, 0) is 85.1 Å². The number of allylic oxidation sites excluding steroid dienone is 2. The van der Waals surface area contributed by atoms with Gasteiger partial charge in [0.1, 0.15) is 5.82 Å². The molecular formula is C26H25F3. The molecule has 0 nitrogen and oxygen atoms in total. The van der Waals surface area contributed by atoms with Gasteiger partial charge in [-0.3, -0.25) is 0 Å². The minimum absolute atomic E-state index is 0.0985. The third kappa shape index (κ3) is 4.10. The summed E-state index contributed by atoms with van der Waals surface area (Å²) in [5, 5.41) is 1.05. The van der Waals surface area contributed by atoms with E-state index in [2.05, 4.69) is 0 Å². The van der Waals surface area contributed by atoms with E-state index in [9.17, 15) is 13.2 Å². The minimum Gasteiger partial charge on any atom is -0.207 e. The van der Waals surface area contributed by atoms with Crippen molar-refractivity contribution in [3.05, 3.63) is 94.8 Å². The Bertz CT molecular complexity index is 1040. The molecule has 0 N–H and O–H groups in total. The van der Waals surface area contributed by atoms with Crippen LogP contribution in [0, 0.1) is 17.5 Å². The molecule has 1 fully saturated rings. The van der Waals surface area contributed by atoms with Crippen LogP contribution in [0.1, 0.15) is 61.1 Å². The Morgan fingerprint density at radius 1 is 0.828 bits per heavy atom. The van der Waals surface area contributed by atoms with Gasteiger partial charge in [0.25, 0.3) is 0 Å². The van der Waals surface area contributed by atoms with E-state index in [-0.39, 0.29) is 11.7 Å². The molecule has 0 amide bonds. The Kier molecular flexibility index (Phi) is 5.75. The first-order valence-electron chi connectivity index (χ1n) is 10.3. The summed E-state index contributed by atoms with van der Waals surface area (Å²) in [5.74, 6) is -1.08. The Balaban J connectivity index is 1.47. The molecule has 0 aliphatic heterocycles. The second-order valence-corrected chi connectivity index (χ2v) is 8.02. The van der Waals surface area contributed by atoms with E-state index in [1.165, 1.54) is 6.07 Å². The Morgan fingerprint density at radius 2 is 1.59 bits per heavy atom. The zero-order chi connectivity index (χ0) is 20.4. The van der Waals surface area contributed by atoms with Crippen LogP contribution < -0.4 is 0 Å². The summed E-state index contributed by atoms with van der Waals surface area (Å²) in [7, 11) is 0. The number of halogens is 3. The fourth-order valence-corrected chi connectivity index (χ4v) is 4.56. The smallest absolute Gasteiger partial charge is 0.166 e. The number of hydrogen-bond acceptors (Lipinski definition) is 0. The van der Waals surface area contributed by atoms with Crippen LogP contribution in [0.4, 0.5) is 13.2 Å². The number of fused-ring (bicyclic) bond motifs is 1. The molecule has 3 aromatic rings. The highest BCUT2D eigenvalue weighted by atomic mass is 19.2. The highest BCUT2D eigenvalue weighted by Crippen LogP contribution is 2.42. The minimum atomic E-state index is -0.815. The first-order valence-corrected chi connectivity index (χ1v) is 10.3. The van der Waals surface area contributed by atoms with Crippen molar-refractivity contribution in [3.63, 3.8) is 0 Å². The lowest BCUT2D eigenvalue weighted by Gasteiger charge is -2.29. The molecular weight excluding hydrogens is 369 g/mol.